The van der Waals surface area contributed by atoms with Crippen LogP contribution in [0.25, 0.3) is 5.57 Å². The van der Waals surface area contributed by atoms with Crippen LogP contribution in [0.15, 0.2) is 54.5 Å². The first-order chi connectivity index (χ1) is 16.7. The van der Waals surface area contributed by atoms with Crippen molar-refractivity contribution in [3.8, 4) is 6.07 Å². The number of aliphatic hydroxyl groups excluding tert-OH is 1. The summed E-state index contributed by atoms with van der Waals surface area (Å²) in [4.78, 5) is 21.5. The third-order valence-corrected chi connectivity index (χ3v) is 6.45. The van der Waals surface area contributed by atoms with Crippen molar-refractivity contribution in [1.29, 1.82) is 5.26 Å². The molecule has 182 valence electrons. The van der Waals surface area contributed by atoms with E-state index < -0.39 is 11.6 Å². The van der Waals surface area contributed by atoms with Gasteiger partial charge in [0.05, 0.1) is 36.0 Å². The molecular formula is C27H31N5O3. The van der Waals surface area contributed by atoms with Crippen LogP contribution >= 0.6 is 0 Å². The molecule has 0 aliphatic carbocycles. The second-order valence-electron chi connectivity index (χ2n) is 9.42. The molecule has 1 aromatic heterocycles. The van der Waals surface area contributed by atoms with Gasteiger partial charge < -0.3 is 25.0 Å². The van der Waals surface area contributed by atoms with Crippen LogP contribution in [0.1, 0.15) is 41.0 Å². The number of rotatable bonds is 5. The lowest BCUT2D eigenvalue weighted by atomic mass is 9.86. The van der Waals surface area contributed by atoms with E-state index in [1.165, 1.54) is 0 Å². The van der Waals surface area contributed by atoms with E-state index >= 15 is 0 Å². The average molecular weight is 474 g/mol. The number of anilines is 1. The van der Waals surface area contributed by atoms with Crippen molar-refractivity contribution in [3.05, 3.63) is 76.9 Å². The average Bonchev–Trinajstić information content (AvgIpc) is 2.86. The van der Waals surface area contributed by atoms with E-state index in [0.29, 0.717) is 37.6 Å². The molecule has 4 rings (SSSR count). The summed E-state index contributed by atoms with van der Waals surface area (Å²) < 4.78 is 5.46. The van der Waals surface area contributed by atoms with Gasteiger partial charge in [0.1, 0.15) is 0 Å². The fourth-order valence-electron chi connectivity index (χ4n) is 4.20. The largest absolute Gasteiger partial charge is 0.378 e. The van der Waals surface area contributed by atoms with Gasteiger partial charge in [0.15, 0.2) is 6.23 Å². The van der Waals surface area contributed by atoms with Crippen LogP contribution in [0.4, 0.5) is 5.69 Å². The number of likely N-dealkylation sites (N-methyl/N-ethyl adjacent to an activating group) is 1. The number of ether oxygens (including phenoxy) is 1. The van der Waals surface area contributed by atoms with Crippen LogP contribution in [0, 0.1) is 18.3 Å². The van der Waals surface area contributed by atoms with Gasteiger partial charge in [-0.15, -0.1) is 0 Å². The number of aryl methyl sites for hydroxylation is 1. The number of aromatic nitrogens is 1. The lowest BCUT2D eigenvalue weighted by Crippen LogP contribution is -2.44. The number of nitrogens with zero attached hydrogens (tertiary/aromatic N) is 4. The molecule has 1 amide bonds. The van der Waals surface area contributed by atoms with Gasteiger partial charge in [0.25, 0.3) is 5.91 Å². The van der Waals surface area contributed by atoms with Crippen LogP contribution in [-0.4, -0.2) is 65.4 Å². The number of nitrogens with one attached hydrogen (secondary N) is 1. The molecule has 3 heterocycles. The zero-order valence-electron chi connectivity index (χ0n) is 20.6. The number of nitriles is 1. The van der Waals surface area contributed by atoms with Crippen LogP contribution in [-0.2, 0) is 10.2 Å². The molecule has 1 fully saturated rings. The highest BCUT2D eigenvalue weighted by Gasteiger charge is 2.27. The third-order valence-electron chi connectivity index (χ3n) is 6.45. The quantitative estimate of drug-likeness (QED) is 0.687. The smallest absolute Gasteiger partial charge is 0.257 e. The number of allylic oxidation sites excluding steroid dienone is 2. The minimum atomic E-state index is -0.749. The summed E-state index contributed by atoms with van der Waals surface area (Å²) in [6.45, 7) is 8.25. The molecule has 1 atom stereocenters. The SMILES string of the molecule is Cc1ncc(C(=O)Nc2cccc(C(C)(C)C#N)c2)cc1C1=CN(C)C(O)C(N2CCOCC2)=C1. The van der Waals surface area contributed by atoms with Gasteiger partial charge in [-0.1, -0.05) is 12.1 Å². The monoisotopic (exact) mass is 473 g/mol. The Labute approximate surface area is 206 Å². The van der Waals surface area contributed by atoms with Gasteiger partial charge in [-0.25, -0.2) is 0 Å². The highest BCUT2D eigenvalue weighted by atomic mass is 16.5. The summed E-state index contributed by atoms with van der Waals surface area (Å²) in [5.41, 5.74) is 4.49. The van der Waals surface area contributed by atoms with Crippen LogP contribution in [0.3, 0.4) is 0 Å². The van der Waals surface area contributed by atoms with E-state index in [1.54, 1.807) is 17.2 Å². The highest BCUT2D eigenvalue weighted by Crippen LogP contribution is 2.30. The fourth-order valence-corrected chi connectivity index (χ4v) is 4.20. The molecule has 35 heavy (non-hydrogen) atoms. The van der Waals surface area contributed by atoms with E-state index in [1.807, 2.05) is 64.4 Å². The first-order valence-corrected chi connectivity index (χ1v) is 11.7. The Kier molecular flexibility index (Phi) is 6.92. The molecular weight excluding hydrogens is 442 g/mol. The molecule has 0 radical (unpaired) electrons. The Morgan fingerprint density at radius 3 is 2.74 bits per heavy atom. The van der Waals surface area contributed by atoms with Gasteiger partial charge >= 0.3 is 0 Å². The van der Waals surface area contributed by atoms with Crippen LogP contribution in [0.2, 0.25) is 0 Å². The molecule has 0 bridgehead atoms. The third kappa shape index (κ3) is 5.21. The molecule has 0 spiro atoms. The number of aliphatic hydroxyl groups is 1. The fraction of sp³-hybridized carbons (Fsp3) is 0.370. The maximum Gasteiger partial charge on any atom is 0.257 e. The van der Waals surface area contributed by atoms with E-state index in [9.17, 15) is 15.2 Å². The Morgan fingerprint density at radius 2 is 2.03 bits per heavy atom. The van der Waals surface area contributed by atoms with E-state index in [0.717, 1.165) is 28.1 Å². The van der Waals surface area contributed by atoms with Crippen molar-refractivity contribution in [1.82, 2.24) is 14.8 Å². The number of amides is 1. The molecule has 2 N–H and O–H groups in total. The maximum atomic E-state index is 13.1. The van der Waals surface area contributed by atoms with E-state index in [2.05, 4.69) is 21.3 Å². The molecule has 2 aliphatic heterocycles. The summed E-state index contributed by atoms with van der Waals surface area (Å²) >= 11 is 0. The predicted octanol–water partition coefficient (Wildman–Crippen LogP) is 3.26. The van der Waals surface area contributed by atoms with E-state index in [4.69, 9.17) is 4.74 Å². The zero-order chi connectivity index (χ0) is 25.2. The summed E-state index contributed by atoms with van der Waals surface area (Å²) in [7, 11) is 1.83. The standard InChI is InChI=1S/C27H31N5O3/c1-18-23(20-13-24(26(34)31(4)16-20)32-8-10-35-11-9-32)12-19(15-29-18)25(33)30-22-7-5-6-21(14-22)27(2,3)17-28/h5-7,12-16,26,34H,8-11H2,1-4H3,(H,30,33). The minimum Gasteiger partial charge on any atom is -0.378 e. The van der Waals surface area contributed by atoms with E-state index in [-0.39, 0.29) is 5.91 Å². The van der Waals surface area contributed by atoms with Crippen molar-refractivity contribution in [2.24, 2.45) is 0 Å². The number of pyridine rings is 1. The summed E-state index contributed by atoms with van der Waals surface area (Å²) in [6.07, 6.45) is 4.65. The predicted molar refractivity (Wildman–Crippen MR) is 134 cm³/mol. The summed E-state index contributed by atoms with van der Waals surface area (Å²) in [6, 6.07) is 11.4. The number of morpholine rings is 1. The first-order valence-electron chi connectivity index (χ1n) is 11.7. The van der Waals surface area contributed by atoms with Crippen molar-refractivity contribution >= 4 is 17.2 Å². The summed E-state index contributed by atoms with van der Waals surface area (Å²) in [5.74, 6) is -0.284. The zero-order valence-corrected chi connectivity index (χ0v) is 20.6. The number of carbonyl (C=O) groups is 1. The molecule has 1 saturated heterocycles. The molecule has 2 aromatic rings. The Bertz CT molecular complexity index is 1220. The second kappa shape index (κ2) is 9.90. The molecule has 2 aliphatic rings. The van der Waals surface area contributed by atoms with Crippen molar-refractivity contribution in [2.45, 2.75) is 32.4 Å². The Morgan fingerprint density at radius 1 is 1.29 bits per heavy atom. The second-order valence-corrected chi connectivity index (χ2v) is 9.42. The van der Waals surface area contributed by atoms with Crippen molar-refractivity contribution in [2.75, 3.05) is 38.7 Å². The number of benzene rings is 1. The lowest BCUT2D eigenvalue weighted by molar-refractivity contribution is 0.0128. The molecule has 1 unspecified atom stereocenters. The lowest BCUT2D eigenvalue weighted by Gasteiger charge is -2.38. The molecule has 8 nitrogen and oxygen atoms in total. The van der Waals surface area contributed by atoms with Crippen LogP contribution < -0.4 is 5.32 Å². The first kappa shape index (κ1) is 24.5. The number of hydrogen-bond donors (Lipinski definition) is 2. The van der Waals surface area contributed by atoms with Crippen molar-refractivity contribution in [3.63, 3.8) is 0 Å². The minimum absolute atomic E-state index is 0.284. The van der Waals surface area contributed by atoms with Gasteiger partial charge in [0, 0.05) is 55.1 Å². The Hall–Kier alpha value is -3.67. The molecule has 8 heteroatoms. The van der Waals surface area contributed by atoms with Gasteiger partial charge in [-0.05, 0) is 50.6 Å². The molecule has 0 saturated carbocycles. The number of carbonyl (C=O) groups excluding carboxylic acids is 1. The molecule has 1 aromatic carbocycles. The Balaban J connectivity index is 1.61. The van der Waals surface area contributed by atoms with Crippen molar-refractivity contribution < 1.29 is 14.6 Å². The van der Waals surface area contributed by atoms with Crippen LogP contribution in [0.5, 0.6) is 0 Å². The van der Waals surface area contributed by atoms with Gasteiger partial charge in [0.2, 0.25) is 0 Å². The van der Waals surface area contributed by atoms with Gasteiger partial charge in [-0.3, -0.25) is 9.78 Å². The highest BCUT2D eigenvalue weighted by molar-refractivity contribution is 6.04. The summed E-state index contributed by atoms with van der Waals surface area (Å²) in [5, 5.41) is 23.1. The maximum absolute atomic E-state index is 13.1. The topological polar surface area (TPSA) is 102 Å². The van der Waals surface area contributed by atoms with Gasteiger partial charge in [-0.2, -0.15) is 5.26 Å². The normalized spacial score (nSPS) is 18.5. The number of hydrogen-bond acceptors (Lipinski definition) is 7.